The van der Waals surface area contributed by atoms with Crippen molar-refractivity contribution in [1.29, 1.82) is 0 Å². The summed E-state index contributed by atoms with van der Waals surface area (Å²) in [6.07, 6.45) is 7.18. The third-order valence-corrected chi connectivity index (χ3v) is 5.71. The summed E-state index contributed by atoms with van der Waals surface area (Å²) in [7, 11) is 0. The molecule has 1 N–H and O–H groups in total. The van der Waals surface area contributed by atoms with Crippen LogP contribution in [-0.4, -0.2) is 42.2 Å². The molecule has 1 aromatic heterocycles. The Morgan fingerprint density at radius 2 is 2.00 bits per heavy atom. The zero-order valence-corrected chi connectivity index (χ0v) is 19.0. The Morgan fingerprint density at radius 3 is 2.68 bits per heavy atom. The first-order chi connectivity index (χ1) is 15.1. The van der Waals surface area contributed by atoms with E-state index in [2.05, 4.69) is 17.1 Å². The number of hydrogen-bond acceptors (Lipinski definition) is 4. The lowest BCUT2D eigenvalue weighted by molar-refractivity contribution is -0.115. The molecule has 2 amide bonds. The lowest BCUT2D eigenvalue weighted by atomic mass is 10.1. The molecule has 1 aliphatic rings. The van der Waals surface area contributed by atoms with E-state index in [1.54, 1.807) is 12.3 Å². The van der Waals surface area contributed by atoms with Gasteiger partial charge in [-0.3, -0.25) is 9.59 Å². The predicted octanol–water partition coefficient (Wildman–Crippen LogP) is 5.28. The highest BCUT2D eigenvalue weighted by atomic mass is 35.5. The number of nitrogens with one attached hydrogen (secondary N) is 1. The number of alkyl halides is 1. The highest BCUT2D eigenvalue weighted by Crippen LogP contribution is 2.29. The van der Waals surface area contributed by atoms with Crippen molar-refractivity contribution in [2.45, 2.75) is 52.0 Å². The lowest BCUT2D eigenvalue weighted by Crippen LogP contribution is -2.37. The molecule has 0 radical (unpaired) electrons. The van der Waals surface area contributed by atoms with Crippen LogP contribution >= 0.6 is 11.6 Å². The Bertz CT molecular complexity index is 848. The van der Waals surface area contributed by atoms with Crippen LogP contribution in [0.5, 0.6) is 0 Å². The summed E-state index contributed by atoms with van der Waals surface area (Å²) in [4.78, 5) is 29.7. The molecule has 31 heavy (non-hydrogen) atoms. The van der Waals surface area contributed by atoms with Crippen molar-refractivity contribution >= 4 is 34.8 Å². The molecule has 0 aliphatic carbocycles. The summed E-state index contributed by atoms with van der Waals surface area (Å²) in [6, 6.07) is 9.43. The molecule has 1 aromatic carbocycles. The maximum Gasteiger partial charge on any atom is 0.256 e. The summed E-state index contributed by atoms with van der Waals surface area (Å²) < 4.78 is 5.58. The predicted molar refractivity (Wildman–Crippen MR) is 125 cm³/mol. The van der Waals surface area contributed by atoms with Crippen molar-refractivity contribution in [2.24, 2.45) is 0 Å². The molecule has 1 aliphatic heterocycles. The number of hydrogen-bond donors (Lipinski definition) is 1. The lowest BCUT2D eigenvalue weighted by Gasteiger charge is -2.31. The molecule has 6 nitrogen and oxygen atoms in total. The van der Waals surface area contributed by atoms with Crippen LogP contribution in [0.15, 0.2) is 41.0 Å². The van der Waals surface area contributed by atoms with Crippen molar-refractivity contribution in [3.63, 3.8) is 0 Å². The van der Waals surface area contributed by atoms with E-state index in [0.29, 0.717) is 17.8 Å². The van der Waals surface area contributed by atoms with Gasteiger partial charge < -0.3 is 19.5 Å². The van der Waals surface area contributed by atoms with Gasteiger partial charge in [0.05, 0.1) is 24.1 Å². The Balaban J connectivity index is 1.94. The van der Waals surface area contributed by atoms with Crippen LogP contribution in [-0.2, 0) is 11.3 Å². The van der Waals surface area contributed by atoms with Crippen molar-refractivity contribution in [3.8, 4) is 0 Å². The minimum atomic E-state index is -0.155. The van der Waals surface area contributed by atoms with Crippen LogP contribution in [0.1, 0.15) is 61.6 Å². The van der Waals surface area contributed by atoms with Crippen LogP contribution < -0.4 is 10.2 Å². The molecule has 0 atom stereocenters. The minimum Gasteiger partial charge on any atom is -0.467 e. The number of carbonyl (C=O) groups is 2. The Hall–Kier alpha value is -2.47. The quantitative estimate of drug-likeness (QED) is 0.505. The number of anilines is 2. The summed E-state index contributed by atoms with van der Waals surface area (Å²) in [6.45, 7) is 5.10. The van der Waals surface area contributed by atoms with E-state index >= 15 is 0 Å². The van der Waals surface area contributed by atoms with E-state index in [1.165, 1.54) is 0 Å². The largest absolute Gasteiger partial charge is 0.467 e. The number of benzene rings is 1. The first kappa shape index (κ1) is 23.2. The molecule has 0 spiro atoms. The average Bonchev–Trinajstić information content (AvgIpc) is 3.30. The molecule has 7 heteroatoms. The minimum absolute atomic E-state index is 0.0177. The zero-order chi connectivity index (χ0) is 22.1. The van der Waals surface area contributed by atoms with Crippen LogP contribution in [0, 0.1) is 0 Å². The molecule has 0 bridgehead atoms. The second-order valence-corrected chi connectivity index (χ2v) is 8.30. The number of amides is 2. The number of unbranched alkanes of at least 4 members (excludes halogenated alkanes) is 1. The molecule has 1 saturated heterocycles. The van der Waals surface area contributed by atoms with Gasteiger partial charge in [-0.05, 0) is 56.0 Å². The molecule has 0 saturated carbocycles. The maximum absolute atomic E-state index is 13.5. The Labute approximate surface area is 189 Å². The van der Waals surface area contributed by atoms with Gasteiger partial charge in [-0.2, -0.15) is 0 Å². The fraction of sp³-hybridized carbons (Fsp3) is 0.500. The average molecular weight is 446 g/mol. The van der Waals surface area contributed by atoms with E-state index in [1.807, 2.05) is 29.2 Å². The molecular formula is C24H32ClN3O3. The highest BCUT2D eigenvalue weighted by molar-refractivity contribution is 6.19. The first-order valence-corrected chi connectivity index (χ1v) is 11.7. The van der Waals surface area contributed by atoms with Crippen molar-refractivity contribution in [2.75, 3.05) is 35.7 Å². The number of nitrogens with zero attached hydrogens (tertiary/aromatic N) is 2. The van der Waals surface area contributed by atoms with Gasteiger partial charge in [0.15, 0.2) is 0 Å². The fourth-order valence-corrected chi connectivity index (χ4v) is 4.03. The van der Waals surface area contributed by atoms with Crippen molar-refractivity contribution < 1.29 is 14.0 Å². The number of carbonyl (C=O) groups excluding carboxylic acids is 2. The van der Waals surface area contributed by atoms with Crippen molar-refractivity contribution in [1.82, 2.24) is 4.90 Å². The maximum atomic E-state index is 13.5. The van der Waals surface area contributed by atoms with E-state index in [-0.39, 0.29) is 24.1 Å². The number of furan rings is 1. The van der Waals surface area contributed by atoms with E-state index in [0.717, 1.165) is 63.2 Å². The van der Waals surface area contributed by atoms with Crippen LogP contribution in [0.3, 0.4) is 0 Å². The van der Waals surface area contributed by atoms with E-state index in [9.17, 15) is 9.59 Å². The number of rotatable bonds is 10. The number of piperidine rings is 1. The Morgan fingerprint density at radius 1 is 1.19 bits per heavy atom. The third-order valence-electron chi connectivity index (χ3n) is 5.52. The van der Waals surface area contributed by atoms with E-state index < -0.39 is 0 Å². The second kappa shape index (κ2) is 11.8. The van der Waals surface area contributed by atoms with Gasteiger partial charge >= 0.3 is 0 Å². The standard InChI is InChI=1S/C24H32ClN3O3/c1-2-3-13-28(18-20-8-7-16-31-20)22-10-9-19(26-23(29)11-12-25)17-21(22)24(30)27-14-5-4-6-15-27/h7-10,16-17H,2-6,11-15,18H2,1H3,(H,26,29). The van der Waals surface area contributed by atoms with Gasteiger partial charge in [-0.1, -0.05) is 13.3 Å². The third kappa shape index (κ3) is 6.50. The number of halogens is 1. The molecular weight excluding hydrogens is 414 g/mol. The van der Waals surface area contributed by atoms with E-state index in [4.69, 9.17) is 16.0 Å². The molecule has 1 fully saturated rings. The normalized spacial score (nSPS) is 13.8. The smallest absolute Gasteiger partial charge is 0.256 e. The monoisotopic (exact) mass is 445 g/mol. The van der Waals surface area contributed by atoms with Gasteiger partial charge in [0, 0.05) is 37.6 Å². The summed E-state index contributed by atoms with van der Waals surface area (Å²) in [5.74, 6) is 0.978. The SMILES string of the molecule is CCCCN(Cc1ccco1)c1ccc(NC(=O)CCCl)cc1C(=O)N1CCCCC1. The first-order valence-electron chi connectivity index (χ1n) is 11.2. The van der Waals surface area contributed by atoms with Gasteiger partial charge in [-0.15, -0.1) is 11.6 Å². The van der Waals surface area contributed by atoms with Crippen LogP contribution in [0.25, 0.3) is 0 Å². The second-order valence-electron chi connectivity index (χ2n) is 7.93. The van der Waals surface area contributed by atoms with Crippen LogP contribution in [0.4, 0.5) is 11.4 Å². The summed E-state index contributed by atoms with van der Waals surface area (Å²) in [5, 5.41) is 2.86. The molecule has 2 aromatic rings. The molecule has 3 rings (SSSR count). The summed E-state index contributed by atoms with van der Waals surface area (Å²) >= 11 is 5.69. The van der Waals surface area contributed by atoms with Crippen molar-refractivity contribution in [3.05, 3.63) is 47.9 Å². The fourth-order valence-electron chi connectivity index (χ4n) is 3.86. The molecule has 2 heterocycles. The summed E-state index contributed by atoms with van der Waals surface area (Å²) in [5.41, 5.74) is 2.11. The highest BCUT2D eigenvalue weighted by Gasteiger charge is 2.24. The van der Waals surface area contributed by atoms with Gasteiger partial charge in [0.2, 0.25) is 5.91 Å². The zero-order valence-electron chi connectivity index (χ0n) is 18.2. The molecule has 0 unspecified atom stereocenters. The Kier molecular flexibility index (Phi) is 8.83. The van der Waals surface area contributed by atoms with Gasteiger partial charge in [0.1, 0.15) is 5.76 Å². The van der Waals surface area contributed by atoms with Crippen LogP contribution in [0.2, 0.25) is 0 Å². The molecule has 168 valence electrons. The van der Waals surface area contributed by atoms with Gasteiger partial charge in [0.25, 0.3) is 5.91 Å². The van der Waals surface area contributed by atoms with Gasteiger partial charge in [-0.25, -0.2) is 0 Å². The topological polar surface area (TPSA) is 65.8 Å². The number of likely N-dealkylation sites (tertiary alicyclic amines) is 1.